The Morgan fingerprint density at radius 3 is 2.85 bits per heavy atom. The molecule has 0 bridgehead atoms. The minimum atomic E-state index is -0.418. The van der Waals surface area contributed by atoms with Crippen molar-refractivity contribution in [3.8, 4) is 27.4 Å². The molecule has 0 aliphatic heterocycles. The van der Waals surface area contributed by atoms with Crippen LogP contribution in [-0.4, -0.2) is 27.6 Å². The monoisotopic (exact) mass is 498 g/mol. The molecule has 4 heterocycles. The predicted octanol–water partition coefficient (Wildman–Crippen LogP) is 5.10. The number of benzene rings is 1. The Hall–Kier alpha value is -3.41. The van der Waals surface area contributed by atoms with Crippen LogP contribution < -0.4 is 15.6 Å². The van der Waals surface area contributed by atoms with Crippen LogP contribution in [0, 0.1) is 5.82 Å². The molecule has 33 heavy (non-hydrogen) atoms. The topological polar surface area (TPSA) is 86.1 Å². The summed E-state index contributed by atoms with van der Waals surface area (Å²) in [5, 5.41) is 9.09. The van der Waals surface area contributed by atoms with E-state index in [-0.39, 0.29) is 12.1 Å². The Morgan fingerprint density at radius 2 is 2.06 bits per heavy atom. The maximum Gasteiger partial charge on any atom is 0.263 e. The molecule has 1 aromatic carbocycles. The third-order valence-corrected chi connectivity index (χ3v) is 7.40. The van der Waals surface area contributed by atoms with E-state index in [1.165, 1.54) is 58.9 Å². The Bertz CT molecular complexity index is 1520. The first-order chi connectivity index (χ1) is 16.0. The summed E-state index contributed by atoms with van der Waals surface area (Å²) in [7, 11) is 1.49. The maximum atomic E-state index is 13.7. The van der Waals surface area contributed by atoms with Crippen LogP contribution in [0.3, 0.4) is 0 Å². The lowest BCUT2D eigenvalue weighted by Gasteiger charge is -2.07. The smallest absolute Gasteiger partial charge is 0.263 e. The lowest BCUT2D eigenvalue weighted by Crippen LogP contribution is -2.27. The molecule has 0 fully saturated rings. The second-order valence-corrected chi connectivity index (χ2v) is 9.58. The molecule has 0 aliphatic carbocycles. The third kappa shape index (κ3) is 4.17. The molecule has 5 rings (SSSR count). The van der Waals surface area contributed by atoms with Crippen molar-refractivity contribution in [1.82, 2.24) is 14.5 Å². The van der Waals surface area contributed by atoms with Crippen molar-refractivity contribution < 1.29 is 13.9 Å². The SMILES string of the molecule is COc1ccc(F)cc1-c1csc(NC(=O)Cn2cnc3scc(-c4cccs4)c3c2=O)n1. The van der Waals surface area contributed by atoms with Gasteiger partial charge in [0.2, 0.25) is 5.91 Å². The van der Waals surface area contributed by atoms with Gasteiger partial charge in [0.15, 0.2) is 5.13 Å². The average Bonchev–Trinajstić information content (AvgIpc) is 3.56. The van der Waals surface area contributed by atoms with Crippen molar-refractivity contribution in [1.29, 1.82) is 0 Å². The van der Waals surface area contributed by atoms with Gasteiger partial charge in [-0.2, -0.15) is 0 Å². The number of thiazole rings is 1. The van der Waals surface area contributed by atoms with E-state index in [2.05, 4.69) is 15.3 Å². The molecule has 11 heteroatoms. The van der Waals surface area contributed by atoms with Gasteiger partial charge in [-0.3, -0.25) is 14.2 Å². The van der Waals surface area contributed by atoms with Crippen molar-refractivity contribution in [2.45, 2.75) is 6.54 Å². The number of carbonyl (C=O) groups excluding carboxylic acids is 1. The van der Waals surface area contributed by atoms with Gasteiger partial charge in [0.25, 0.3) is 5.56 Å². The average molecular weight is 499 g/mol. The summed E-state index contributed by atoms with van der Waals surface area (Å²) < 4.78 is 20.2. The minimum Gasteiger partial charge on any atom is -0.496 e. The molecule has 4 aromatic heterocycles. The van der Waals surface area contributed by atoms with Gasteiger partial charge in [-0.05, 0) is 29.6 Å². The van der Waals surface area contributed by atoms with E-state index >= 15 is 0 Å². The third-order valence-electron chi connectivity index (χ3n) is 4.85. The van der Waals surface area contributed by atoms with Crippen LogP contribution in [0.25, 0.3) is 31.9 Å². The maximum absolute atomic E-state index is 13.7. The van der Waals surface area contributed by atoms with Crippen LogP contribution in [0.4, 0.5) is 9.52 Å². The van der Waals surface area contributed by atoms with E-state index in [1.54, 1.807) is 16.7 Å². The van der Waals surface area contributed by atoms with Gasteiger partial charge in [0.05, 0.1) is 24.5 Å². The van der Waals surface area contributed by atoms with Crippen molar-refractivity contribution in [3.05, 3.63) is 69.0 Å². The number of rotatable bonds is 6. The van der Waals surface area contributed by atoms with Gasteiger partial charge in [0.1, 0.15) is 22.9 Å². The van der Waals surface area contributed by atoms with E-state index in [9.17, 15) is 14.0 Å². The van der Waals surface area contributed by atoms with E-state index in [0.717, 1.165) is 10.4 Å². The molecule has 0 saturated heterocycles. The summed E-state index contributed by atoms with van der Waals surface area (Å²) in [5.41, 5.74) is 1.51. The largest absolute Gasteiger partial charge is 0.496 e. The molecule has 7 nitrogen and oxygen atoms in total. The van der Waals surface area contributed by atoms with Crippen LogP contribution >= 0.6 is 34.0 Å². The first kappa shape index (κ1) is 21.4. The van der Waals surface area contributed by atoms with E-state index in [0.29, 0.717) is 32.4 Å². The number of anilines is 1. The van der Waals surface area contributed by atoms with E-state index in [1.807, 2.05) is 22.9 Å². The quantitative estimate of drug-likeness (QED) is 0.352. The molecule has 0 radical (unpaired) electrons. The highest BCUT2D eigenvalue weighted by molar-refractivity contribution is 7.18. The minimum absolute atomic E-state index is 0.209. The molecular formula is C22H15FN4O3S3. The van der Waals surface area contributed by atoms with Gasteiger partial charge in [-0.1, -0.05) is 6.07 Å². The molecule has 1 N–H and O–H groups in total. The second-order valence-electron chi connectivity index (χ2n) is 6.92. The fourth-order valence-electron chi connectivity index (χ4n) is 3.34. The number of aromatic nitrogens is 3. The van der Waals surface area contributed by atoms with Crippen molar-refractivity contribution in [2.75, 3.05) is 12.4 Å². The normalized spacial score (nSPS) is 11.1. The first-order valence-corrected chi connectivity index (χ1v) is 12.3. The van der Waals surface area contributed by atoms with Crippen LogP contribution in [0.15, 0.2) is 57.6 Å². The van der Waals surface area contributed by atoms with Gasteiger partial charge >= 0.3 is 0 Å². The number of thiophene rings is 2. The number of carbonyl (C=O) groups is 1. The highest BCUT2D eigenvalue weighted by Gasteiger charge is 2.17. The van der Waals surface area contributed by atoms with Gasteiger partial charge in [-0.25, -0.2) is 14.4 Å². The molecule has 166 valence electrons. The van der Waals surface area contributed by atoms with Gasteiger partial charge in [-0.15, -0.1) is 34.0 Å². The second kappa shape index (κ2) is 8.85. The molecule has 0 unspecified atom stereocenters. The van der Waals surface area contributed by atoms with Crippen molar-refractivity contribution in [3.63, 3.8) is 0 Å². The number of methoxy groups -OCH3 is 1. The number of hydrogen-bond acceptors (Lipinski definition) is 8. The lowest BCUT2D eigenvalue weighted by atomic mass is 10.1. The van der Waals surface area contributed by atoms with E-state index < -0.39 is 11.7 Å². The number of halogens is 1. The lowest BCUT2D eigenvalue weighted by molar-refractivity contribution is -0.116. The summed E-state index contributed by atoms with van der Waals surface area (Å²) in [6, 6.07) is 8.02. The molecular weight excluding hydrogens is 483 g/mol. The molecule has 0 saturated carbocycles. The Balaban J connectivity index is 1.37. The Kier molecular flexibility index (Phi) is 5.75. The number of amides is 1. The highest BCUT2D eigenvalue weighted by atomic mass is 32.1. The number of nitrogens with zero attached hydrogens (tertiary/aromatic N) is 3. The molecule has 0 spiro atoms. The van der Waals surface area contributed by atoms with Gasteiger partial charge in [0, 0.05) is 26.8 Å². The summed E-state index contributed by atoms with van der Waals surface area (Å²) in [4.78, 5) is 36.0. The van der Waals surface area contributed by atoms with E-state index in [4.69, 9.17) is 4.74 Å². The number of nitrogens with one attached hydrogen (secondary N) is 1. The van der Waals surface area contributed by atoms with Crippen molar-refractivity contribution in [2.24, 2.45) is 0 Å². The fraction of sp³-hybridized carbons (Fsp3) is 0.0909. The van der Waals surface area contributed by atoms with Crippen LogP contribution in [0.5, 0.6) is 5.75 Å². The highest BCUT2D eigenvalue weighted by Crippen LogP contribution is 2.34. The Labute approximate surface area is 198 Å². The summed E-state index contributed by atoms with van der Waals surface area (Å²) >= 11 is 4.14. The van der Waals surface area contributed by atoms with Crippen molar-refractivity contribution >= 4 is 55.3 Å². The van der Waals surface area contributed by atoms with Crippen LogP contribution in [0.1, 0.15) is 0 Å². The van der Waals surface area contributed by atoms with Crippen LogP contribution in [-0.2, 0) is 11.3 Å². The number of ether oxygens (including phenoxy) is 1. The molecule has 0 atom stereocenters. The Morgan fingerprint density at radius 1 is 1.18 bits per heavy atom. The first-order valence-electron chi connectivity index (χ1n) is 9.63. The zero-order chi connectivity index (χ0) is 22.9. The summed E-state index contributed by atoms with van der Waals surface area (Å²) in [6.45, 7) is -0.209. The zero-order valence-corrected chi connectivity index (χ0v) is 19.5. The zero-order valence-electron chi connectivity index (χ0n) is 17.1. The summed E-state index contributed by atoms with van der Waals surface area (Å²) in [6.07, 6.45) is 1.38. The molecule has 0 aliphatic rings. The number of fused-ring (bicyclic) bond motifs is 1. The summed E-state index contributed by atoms with van der Waals surface area (Å²) in [5.74, 6) is -0.358. The molecule has 1 amide bonds. The van der Waals surface area contributed by atoms with Crippen LogP contribution in [0.2, 0.25) is 0 Å². The molecule has 5 aromatic rings. The fourth-order valence-corrected chi connectivity index (χ4v) is 5.79. The predicted molar refractivity (Wildman–Crippen MR) is 130 cm³/mol. The standard InChI is InChI=1S/C22H15FN4O3S3/c1-30-16-5-4-12(23)7-13(16)15-10-33-22(25-15)26-18(28)8-27-11-24-20-19(21(27)29)14(9-32-20)17-3-2-6-31-17/h2-7,9-11H,8H2,1H3,(H,25,26,28). The number of hydrogen-bond donors (Lipinski definition) is 1. The van der Waals surface area contributed by atoms with Gasteiger partial charge < -0.3 is 10.1 Å².